The molecule has 2 rings (SSSR count). The van der Waals surface area contributed by atoms with Gasteiger partial charge in [-0.05, 0) is 18.6 Å². The van der Waals surface area contributed by atoms with Crippen LogP contribution in [0.15, 0.2) is 28.6 Å². The number of thiazole rings is 1. The van der Waals surface area contributed by atoms with Crippen LogP contribution in [0.2, 0.25) is 0 Å². The Hall–Kier alpha value is -1.60. The number of carbonyl (C=O) groups excluding carboxylic acids is 2. The summed E-state index contributed by atoms with van der Waals surface area (Å²) < 4.78 is 1.74. The molecule has 0 aliphatic rings. The molecule has 7 heteroatoms. The molecule has 2 unspecified atom stereocenters. The van der Waals surface area contributed by atoms with Crippen molar-refractivity contribution in [1.29, 1.82) is 0 Å². The highest BCUT2D eigenvalue weighted by molar-refractivity contribution is 8.01. The molecule has 0 amide bonds. The molecule has 0 saturated carbocycles. The lowest BCUT2D eigenvalue weighted by molar-refractivity contribution is -0.326. The van der Waals surface area contributed by atoms with Gasteiger partial charge in [0.25, 0.3) is 0 Å². The van der Waals surface area contributed by atoms with Crippen molar-refractivity contribution in [3.63, 3.8) is 0 Å². The molecular formula is C16H17NO4S2-2. The topological polar surface area (TPSA) is 93.2 Å². The van der Waals surface area contributed by atoms with Crippen molar-refractivity contribution in [1.82, 2.24) is 4.98 Å². The molecule has 1 aromatic heterocycles. The summed E-state index contributed by atoms with van der Waals surface area (Å²) in [5.41, 5.74) is 0.854. The number of carbonyl (C=O) groups is 2. The van der Waals surface area contributed by atoms with Gasteiger partial charge in [0.1, 0.15) is 0 Å². The van der Waals surface area contributed by atoms with Gasteiger partial charge in [0, 0.05) is 29.5 Å². The van der Waals surface area contributed by atoms with E-state index in [0.717, 1.165) is 21.0 Å². The molecule has 0 radical (unpaired) electrons. The molecule has 0 aliphatic heterocycles. The van der Waals surface area contributed by atoms with Crippen LogP contribution in [0.4, 0.5) is 0 Å². The van der Waals surface area contributed by atoms with Gasteiger partial charge in [0.15, 0.2) is 4.34 Å². The number of aliphatic carboxylic acids is 2. The number of unbranched alkanes of at least 4 members (excludes halogenated alkanes) is 1. The SMILES string of the molecule is CCCCC(C(=O)[O-])C(CSc1nc2ccccc2s1)C(=O)[O-]. The van der Waals surface area contributed by atoms with Gasteiger partial charge in [0.2, 0.25) is 0 Å². The van der Waals surface area contributed by atoms with Gasteiger partial charge < -0.3 is 19.8 Å². The Labute approximate surface area is 142 Å². The van der Waals surface area contributed by atoms with Crippen LogP contribution < -0.4 is 10.2 Å². The fourth-order valence-corrected chi connectivity index (χ4v) is 4.59. The lowest BCUT2D eigenvalue weighted by atomic mass is 9.89. The second-order valence-corrected chi connectivity index (χ2v) is 7.55. The fraction of sp³-hybridized carbons (Fsp3) is 0.438. The number of benzene rings is 1. The smallest absolute Gasteiger partial charge is 0.151 e. The van der Waals surface area contributed by atoms with Crippen molar-refractivity contribution in [2.24, 2.45) is 11.8 Å². The van der Waals surface area contributed by atoms with Crippen molar-refractivity contribution in [2.75, 3.05) is 5.75 Å². The Kier molecular flexibility index (Phi) is 6.41. The maximum absolute atomic E-state index is 11.4. The summed E-state index contributed by atoms with van der Waals surface area (Å²) in [6.07, 6.45) is 1.74. The lowest BCUT2D eigenvalue weighted by Gasteiger charge is -2.28. The first-order valence-electron chi connectivity index (χ1n) is 7.43. The number of aromatic nitrogens is 1. The van der Waals surface area contributed by atoms with E-state index in [9.17, 15) is 19.8 Å². The zero-order valence-corrected chi connectivity index (χ0v) is 14.3. The van der Waals surface area contributed by atoms with E-state index in [2.05, 4.69) is 4.98 Å². The van der Waals surface area contributed by atoms with E-state index in [1.165, 1.54) is 23.1 Å². The van der Waals surface area contributed by atoms with Gasteiger partial charge in [-0.2, -0.15) is 0 Å². The molecule has 0 spiro atoms. The van der Waals surface area contributed by atoms with E-state index < -0.39 is 23.8 Å². The van der Waals surface area contributed by atoms with Crippen LogP contribution in [-0.4, -0.2) is 22.7 Å². The quantitative estimate of drug-likeness (QED) is 0.632. The predicted molar refractivity (Wildman–Crippen MR) is 86.9 cm³/mol. The number of nitrogens with zero attached hydrogens (tertiary/aromatic N) is 1. The van der Waals surface area contributed by atoms with Gasteiger partial charge in [-0.15, -0.1) is 11.3 Å². The normalized spacial score (nSPS) is 13.8. The lowest BCUT2D eigenvalue weighted by Crippen LogP contribution is -2.45. The van der Waals surface area contributed by atoms with E-state index in [4.69, 9.17) is 0 Å². The van der Waals surface area contributed by atoms with Crippen molar-refractivity contribution in [2.45, 2.75) is 30.5 Å². The second-order valence-electron chi connectivity index (χ2n) is 5.25. The Morgan fingerprint density at radius 3 is 2.52 bits per heavy atom. The first kappa shape index (κ1) is 17.7. The maximum atomic E-state index is 11.4. The van der Waals surface area contributed by atoms with E-state index in [-0.39, 0.29) is 12.2 Å². The minimum atomic E-state index is -1.34. The van der Waals surface area contributed by atoms with Gasteiger partial charge in [-0.3, -0.25) is 0 Å². The van der Waals surface area contributed by atoms with Crippen molar-refractivity contribution >= 4 is 45.3 Å². The zero-order valence-electron chi connectivity index (χ0n) is 12.7. The molecule has 0 saturated heterocycles. The van der Waals surface area contributed by atoms with Crippen molar-refractivity contribution in [3.05, 3.63) is 24.3 Å². The largest absolute Gasteiger partial charge is 0.550 e. The maximum Gasteiger partial charge on any atom is 0.151 e. The van der Waals surface area contributed by atoms with Gasteiger partial charge in [-0.25, -0.2) is 4.98 Å². The molecule has 0 fully saturated rings. The van der Waals surface area contributed by atoms with Crippen molar-refractivity contribution < 1.29 is 19.8 Å². The summed E-state index contributed by atoms with van der Waals surface area (Å²) in [5, 5.41) is 22.6. The number of rotatable bonds is 9. The molecule has 0 N–H and O–H groups in total. The van der Waals surface area contributed by atoms with Gasteiger partial charge in [-0.1, -0.05) is 43.7 Å². The van der Waals surface area contributed by atoms with E-state index in [1.807, 2.05) is 31.2 Å². The van der Waals surface area contributed by atoms with E-state index in [1.54, 1.807) is 0 Å². The molecule has 124 valence electrons. The molecule has 1 aromatic carbocycles. The van der Waals surface area contributed by atoms with Crippen LogP contribution in [0.3, 0.4) is 0 Å². The molecule has 0 bridgehead atoms. The third-order valence-electron chi connectivity index (χ3n) is 3.62. The molecule has 2 atom stereocenters. The van der Waals surface area contributed by atoms with Crippen LogP contribution in [0.5, 0.6) is 0 Å². The fourth-order valence-electron chi connectivity index (χ4n) is 2.33. The van der Waals surface area contributed by atoms with Crippen molar-refractivity contribution in [3.8, 4) is 0 Å². The zero-order chi connectivity index (χ0) is 16.8. The molecule has 1 heterocycles. The number of carboxylic acid groups (broad SMARTS) is 2. The summed E-state index contributed by atoms with van der Waals surface area (Å²) >= 11 is 2.72. The monoisotopic (exact) mass is 351 g/mol. The van der Waals surface area contributed by atoms with Crippen LogP contribution >= 0.6 is 23.1 Å². The number of fused-ring (bicyclic) bond motifs is 1. The highest BCUT2D eigenvalue weighted by Crippen LogP contribution is 2.32. The Morgan fingerprint density at radius 2 is 1.91 bits per heavy atom. The van der Waals surface area contributed by atoms with E-state index in [0.29, 0.717) is 6.42 Å². The van der Waals surface area contributed by atoms with Gasteiger partial charge in [0.05, 0.1) is 10.2 Å². The number of hydrogen-bond donors (Lipinski definition) is 0. The first-order valence-corrected chi connectivity index (χ1v) is 9.23. The number of hydrogen-bond acceptors (Lipinski definition) is 7. The first-order chi connectivity index (χ1) is 11.0. The standard InChI is InChI=1S/C16H19NO4S2/c1-2-3-6-10(14(18)19)11(15(20)21)9-22-16-17-12-7-4-5-8-13(12)23-16/h4-5,7-8,10-11H,2-3,6,9H2,1H3,(H,18,19)(H,20,21)/p-2. The Morgan fingerprint density at radius 1 is 1.22 bits per heavy atom. The van der Waals surface area contributed by atoms with Crippen LogP contribution in [0.25, 0.3) is 10.2 Å². The molecule has 5 nitrogen and oxygen atoms in total. The molecule has 23 heavy (non-hydrogen) atoms. The van der Waals surface area contributed by atoms with Crippen LogP contribution in [0.1, 0.15) is 26.2 Å². The van der Waals surface area contributed by atoms with E-state index >= 15 is 0 Å². The highest BCUT2D eigenvalue weighted by atomic mass is 32.2. The number of para-hydroxylation sites is 1. The Balaban J connectivity index is 2.08. The summed E-state index contributed by atoms with van der Waals surface area (Å²) in [4.78, 5) is 27.1. The summed E-state index contributed by atoms with van der Waals surface area (Å²) in [5.74, 6) is -4.66. The molecular weight excluding hydrogens is 334 g/mol. The number of carboxylic acids is 2. The predicted octanol–water partition coefficient (Wildman–Crippen LogP) is 1.31. The third kappa shape index (κ3) is 4.68. The van der Waals surface area contributed by atoms with Gasteiger partial charge >= 0.3 is 0 Å². The number of thioether (sulfide) groups is 1. The van der Waals surface area contributed by atoms with Crippen LogP contribution in [0, 0.1) is 11.8 Å². The highest BCUT2D eigenvalue weighted by Gasteiger charge is 2.24. The molecule has 2 aromatic rings. The third-order valence-corrected chi connectivity index (χ3v) is 5.92. The summed E-state index contributed by atoms with van der Waals surface area (Å²) in [7, 11) is 0. The minimum absolute atomic E-state index is 0.116. The summed E-state index contributed by atoms with van der Waals surface area (Å²) in [6.45, 7) is 1.93. The molecule has 0 aliphatic carbocycles. The Bertz CT molecular complexity index is 653. The van der Waals surface area contributed by atoms with Crippen LogP contribution in [-0.2, 0) is 9.59 Å². The minimum Gasteiger partial charge on any atom is -0.550 e. The average molecular weight is 351 g/mol. The summed E-state index contributed by atoms with van der Waals surface area (Å²) in [6, 6.07) is 7.63. The second kappa shape index (κ2) is 8.31. The average Bonchev–Trinajstić information content (AvgIpc) is 2.92.